The van der Waals surface area contributed by atoms with Gasteiger partial charge in [0.15, 0.2) is 6.17 Å². The zero-order valence-electron chi connectivity index (χ0n) is 14.7. The van der Waals surface area contributed by atoms with Gasteiger partial charge in [0, 0.05) is 11.3 Å². The standard InChI is InChI=1S/C21H18N2O4/c1-2-26-21(25)14-9-7-13(8-10-14)17-11-12-18(27-17)19-22-16-6-4-3-5-15(16)20(24)23-19/h3-12,19,22H,2H2,1H3,(H,23,24)/t19-/m0/s1. The molecule has 0 unspecified atom stereocenters. The first kappa shape index (κ1) is 16.9. The molecule has 3 aromatic rings. The molecule has 0 radical (unpaired) electrons. The van der Waals surface area contributed by atoms with Gasteiger partial charge < -0.3 is 19.8 Å². The third-order valence-electron chi connectivity index (χ3n) is 4.34. The number of anilines is 1. The van der Waals surface area contributed by atoms with E-state index in [-0.39, 0.29) is 11.9 Å². The van der Waals surface area contributed by atoms with E-state index in [0.29, 0.717) is 29.3 Å². The van der Waals surface area contributed by atoms with Gasteiger partial charge in [0.1, 0.15) is 11.5 Å². The lowest BCUT2D eigenvalue weighted by molar-refractivity contribution is 0.0526. The fourth-order valence-corrected chi connectivity index (χ4v) is 3.00. The molecule has 2 N–H and O–H groups in total. The van der Waals surface area contributed by atoms with Gasteiger partial charge in [0.05, 0.1) is 17.7 Å². The average molecular weight is 362 g/mol. The van der Waals surface area contributed by atoms with Crippen molar-refractivity contribution in [1.82, 2.24) is 5.32 Å². The zero-order chi connectivity index (χ0) is 18.8. The third-order valence-corrected chi connectivity index (χ3v) is 4.34. The Kier molecular flexibility index (Phi) is 4.38. The van der Waals surface area contributed by atoms with Crippen molar-refractivity contribution in [2.75, 3.05) is 11.9 Å². The molecule has 0 aliphatic carbocycles. The Morgan fingerprint density at radius 3 is 2.59 bits per heavy atom. The van der Waals surface area contributed by atoms with Crippen molar-refractivity contribution < 1.29 is 18.7 Å². The van der Waals surface area contributed by atoms with Crippen molar-refractivity contribution in [2.24, 2.45) is 0 Å². The van der Waals surface area contributed by atoms with Crippen LogP contribution in [0.4, 0.5) is 5.69 Å². The number of furan rings is 1. The van der Waals surface area contributed by atoms with Crippen LogP contribution in [0.3, 0.4) is 0 Å². The molecule has 1 aromatic heterocycles. The van der Waals surface area contributed by atoms with E-state index in [4.69, 9.17) is 9.15 Å². The quantitative estimate of drug-likeness (QED) is 0.686. The molecule has 1 aliphatic heterocycles. The van der Waals surface area contributed by atoms with Gasteiger partial charge in [-0.05, 0) is 43.3 Å². The highest BCUT2D eigenvalue weighted by Gasteiger charge is 2.26. The molecule has 0 bridgehead atoms. The smallest absolute Gasteiger partial charge is 0.338 e. The van der Waals surface area contributed by atoms with Crippen LogP contribution in [0.15, 0.2) is 65.1 Å². The molecule has 0 saturated carbocycles. The predicted octanol–water partition coefficient (Wildman–Crippen LogP) is 3.98. The van der Waals surface area contributed by atoms with Crippen LogP contribution in [0, 0.1) is 0 Å². The highest BCUT2D eigenvalue weighted by molar-refractivity contribution is 6.01. The Labute approximate surface area is 156 Å². The highest BCUT2D eigenvalue weighted by atomic mass is 16.5. The van der Waals surface area contributed by atoms with Crippen LogP contribution in [0.2, 0.25) is 0 Å². The van der Waals surface area contributed by atoms with Crippen molar-refractivity contribution in [2.45, 2.75) is 13.1 Å². The minimum Gasteiger partial charge on any atom is -0.462 e. The van der Waals surface area contributed by atoms with Crippen LogP contribution in [0.1, 0.15) is 39.6 Å². The number of esters is 1. The molecule has 2 heterocycles. The molecule has 27 heavy (non-hydrogen) atoms. The zero-order valence-corrected chi connectivity index (χ0v) is 14.7. The maximum Gasteiger partial charge on any atom is 0.338 e. The van der Waals surface area contributed by atoms with Crippen molar-refractivity contribution in [1.29, 1.82) is 0 Å². The monoisotopic (exact) mass is 362 g/mol. The van der Waals surface area contributed by atoms with E-state index in [0.717, 1.165) is 11.3 Å². The fraction of sp³-hybridized carbons (Fsp3) is 0.143. The number of amides is 1. The Morgan fingerprint density at radius 2 is 1.81 bits per heavy atom. The van der Waals surface area contributed by atoms with Crippen LogP contribution in [-0.4, -0.2) is 18.5 Å². The normalized spacial score (nSPS) is 15.4. The lowest BCUT2D eigenvalue weighted by Gasteiger charge is -2.26. The topological polar surface area (TPSA) is 80.6 Å². The van der Waals surface area contributed by atoms with Crippen molar-refractivity contribution in [3.8, 4) is 11.3 Å². The van der Waals surface area contributed by atoms with Gasteiger partial charge in [0.25, 0.3) is 5.91 Å². The van der Waals surface area contributed by atoms with Crippen LogP contribution >= 0.6 is 0 Å². The van der Waals surface area contributed by atoms with Gasteiger partial charge in [0.2, 0.25) is 0 Å². The first-order valence-corrected chi connectivity index (χ1v) is 8.69. The van der Waals surface area contributed by atoms with Crippen LogP contribution in [0.25, 0.3) is 11.3 Å². The summed E-state index contributed by atoms with van der Waals surface area (Å²) in [6, 6.07) is 18.0. The lowest BCUT2D eigenvalue weighted by Crippen LogP contribution is -2.38. The van der Waals surface area contributed by atoms with Gasteiger partial charge in [-0.2, -0.15) is 0 Å². The predicted molar refractivity (Wildman–Crippen MR) is 100 cm³/mol. The van der Waals surface area contributed by atoms with Gasteiger partial charge in [-0.3, -0.25) is 4.79 Å². The van der Waals surface area contributed by atoms with E-state index in [9.17, 15) is 9.59 Å². The molecule has 0 spiro atoms. The third kappa shape index (κ3) is 3.29. The maximum atomic E-state index is 12.3. The van der Waals surface area contributed by atoms with Crippen molar-refractivity contribution in [3.63, 3.8) is 0 Å². The van der Waals surface area contributed by atoms with Crippen LogP contribution in [0.5, 0.6) is 0 Å². The number of hydrogen-bond acceptors (Lipinski definition) is 5. The van der Waals surface area contributed by atoms with Crippen LogP contribution in [-0.2, 0) is 4.74 Å². The second-order valence-electron chi connectivity index (χ2n) is 6.10. The van der Waals surface area contributed by atoms with E-state index < -0.39 is 6.17 Å². The summed E-state index contributed by atoms with van der Waals surface area (Å²) in [4.78, 5) is 24.0. The second kappa shape index (κ2) is 6.99. The van der Waals surface area contributed by atoms with Gasteiger partial charge >= 0.3 is 5.97 Å². The SMILES string of the molecule is CCOC(=O)c1ccc(-c2ccc([C@@H]3NC(=O)c4ccccc4N3)o2)cc1. The number of para-hydroxylation sites is 1. The minimum atomic E-state index is -0.444. The molecular formula is C21H18N2O4. The summed E-state index contributed by atoms with van der Waals surface area (Å²) in [5, 5.41) is 6.15. The molecule has 1 aliphatic rings. The van der Waals surface area contributed by atoms with Crippen molar-refractivity contribution in [3.05, 3.63) is 77.6 Å². The Balaban J connectivity index is 1.54. The number of hydrogen-bond donors (Lipinski definition) is 2. The van der Waals surface area contributed by atoms with Gasteiger partial charge in [-0.25, -0.2) is 4.79 Å². The second-order valence-corrected chi connectivity index (χ2v) is 6.10. The van der Waals surface area contributed by atoms with Crippen molar-refractivity contribution >= 4 is 17.6 Å². The summed E-state index contributed by atoms with van der Waals surface area (Å²) in [7, 11) is 0. The summed E-state index contributed by atoms with van der Waals surface area (Å²) in [5.74, 6) is 0.751. The molecule has 0 saturated heterocycles. The number of carbonyl (C=O) groups excluding carboxylic acids is 2. The summed E-state index contributed by atoms with van der Waals surface area (Å²) < 4.78 is 10.9. The molecular weight excluding hydrogens is 344 g/mol. The van der Waals surface area contributed by atoms with Crippen LogP contribution < -0.4 is 10.6 Å². The van der Waals surface area contributed by atoms with Gasteiger partial charge in [-0.1, -0.05) is 24.3 Å². The molecule has 1 amide bonds. The Bertz CT molecular complexity index is 991. The maximum absolute atomic E-state index is 12.3. The molecule has 1 atom stereocenters. The number of rotatable bonds is 4. The lowest BCUT2D eigenvalue weighted by atomic mass is 10.1. The first-order chi connectivity index (χ1) is 13.2. The molecule has 0 fully saturated rings. The van der Waals surface area contributed by atoms with E-state index >= 15 is 0 Å². The Morgan fingerprint density at radius 1 is 1.04 bits per heavy atom. The largest absolute Gasteiger partial charge is 0.462 e. The number of fused-ring (bicyclic) bond motifs is 1. The van der Waals surface area contributed by atoms with Gasteiger partial charge in [-0.15, -0.1) is 0 Å². The molecule has 4 rings (SSSR count). The highest BCUT2D eigenvalue weighted by Crippen LogP contribution is 2.30. The minimum absolute atomic E-state index is 0.147. The molecule has 6 nitrogen and oxygen atoms in total. The summed E-state index contributed by atoms with van der Waals surface area (Å²) in [6.07, 6.45) is -0.444. The fourth-order valence-electron chi connectivity index (χ4n) is 3.00. The molecule has 6 heteroatoms. The van der Waals surface area contributed by atoms with E-state index in [2.05, 4.69) is 10.6 Å². The number of ether oxygens (including phenoxy) is 1. The molecule has 136 valence electrons. The van der Waals surface area contributed by atoms with E-state index in [1.54, 1.807) is 37.3 Å². The first-order valence-electron chi connectivity index (χ1n) is 8.69. The number of benzene rings is 2. The summed E-state index contributed by atoms with van der Waals surface area (Å²) in [6.45, 7) is 2.11. The van der Waals surface area contributed by atoms with E-state index in [1.807, 2.05) is 30.3 Å². The Hall–Kier alpha value is -3.54. The summed E-state index contributed by atoms with van der Waals surface area (Å²) in [5.41, 5.74) is 2.69. The van der Waals surface area contributed by atoms with E-state index in [1.165, 1.54) is 0 Å². The average Bonchev–Trinajstić information content (AvgIpc) is 3.18. The number of carbonyl (C=O) groups is 2. The number of nitrogens with one attached hydrogen (secondary N) is 2. The molecule has 2 aromatic carbocycles. The summed E-state index contributed by atoms with van der Waals surface area (Å²) >= 11 is 0.